The predicted octanol–water partition coefficient (Wildman–Crippen LogP) is 4.64. The Bertz CT molecular complexity index is 760. The van der Waals surface area contributed by atoms with Crippen LogP contribution in [0.25, 0.3) is 11.1 Å². The summed E-state index contributed by atoms with van der Waals surface area (Å²) in [6.45, 7) is 7.57. The molecule has 0 saturated carbocycles. The maximum atomic E-state index is 11.5. The van der Waals surface area contributed by atoms with Gasteiger partial charge in [0.15, 0.2) is 6.29 Å². The number of methoxy groups -OCH3 is 2. The van der Waals surface area contributed by atoms with Crippen molar-refractivity contribution in [1.29, 1.82) is 0 Å². The number of benzene rings is 2. The van der Waals surface area contributed by atoms with E-state index in [9.17, 15) is 4.79 Å². The van der Waals surface area contributed by atoms with Crippen LogP contribution in [0.2, 0.25) is 0 Å². The highest BCUT2D eigenvalue weighted by molar-refractivity contribution is 5.87. The SMILES string of the molecule is C=CCc1cc(C=O)c(OC)c(-c2ccc(OC)c(CC=C)c2)c1. The third-order valence-electron chi connectivity index (χ3n) is 3.84. The van der Waals surface area contributed by atoms with Crippen LogP contribution in [0.3, 0.4) is 0 Å². The van der Waals surface area contributed by atoms with Crippen LogP contribution in [-0.2, 0) is 12.8 Å². The van der Waals surface area contributed by atoms with Crippen molar-refractivity contribution in [2.45, 2.75) is 12.8 Å². The van der Waals surface area contributed by atoms with Gasteiger partial charge in [-0.3, -0.25) is 4.79 Å². The van der Waals surface area contributed by atoms with Crippen molar-refractivity contribution in [2.24, 2.45) is 0 Å². The first kappa shape index (κ1) is 17.5. The summed E-state index contributed by atoms with van der Waals surface area (Å²) in [5.74, 6) is 1.39. The molecule has 0 amide bonds. The molecule has 0 aliphatic carbocycles. The molecule has 3 nitrogen and oxygen atoms in total. The van der Waals surface area contributed by atoms with Crippen molar-refractivity contribution in [2.75, 3.05) is 14.2 Å². The Hall–Kier alpha value is -2.81. The third-order valence-corrected chi connectivity index (χ3v) is 3.84. The monoisotopic (exact) mass is 322 g/mol. The first-order valence-corrected chi connectivity index (χ1v) is 7.73. The highest BCUT2D eigenvalue weighted by atomic mass is 16.5. The maximum absolute atomic E-state index is 11.5. The van der Waals surface area contributed by atoms with Gasteiger partial charge in [-0.2, -0.15) is 0 Å². The van der Waals surface area contributed by atoms with E-state index in [0.29, 0.717) is 24.2 Å². The van der Waals surface area contributed by atoms with Gasteiger partial charge in [0, 0.05) is 5.56 Å². The third kappa shape index (κ3) is 3.57. The van der Waals surface area contributed by atoms with E-state index in [1.807, 2.05) is 42.5 Å². The van der Waals surface area contributed by atoms with Crippen molar-refractivity contribution in [1.82, 2.24) is 0 Å². The van der Waals surface area contributed by atoms with Gasteiger partial charge in [0.2, 0.25) is 0 Å². The molecule has 0 bridgehead atoms. The van der Waals surface area contributed by atoms with E-state index in [1.54, 1.807) is 14.2 Å². The average molecular weight is 322 g/mol. The van der Waals surface area contributed by atoms with E-state index in [1.165, 1.54) is 0 Å². The molecular weight excluding hydrogens is 300 g/mol. The van der Waals surface area contributed by atoms with E-state index in [2.05, 4.69) is 13.2 Å². The van der Waals surface area contributed by atoms with E-state index in [0.717, 1.165) is 34.3 Å². The number of carbonyl (C=O) groups is 1. The topological polar surface area (TPSA) is 35.5 Å². The number of ether oxygens (including phenoxy) is 2. The zero-order valence-corrected chi connectivity index (χ0v) is 14.2. The normalized spacial score (nSPS) is 10.1. The van der Waals surface area contributed by atoms with Gasteiger partial charge in [-0.15, -0.1) is 13.2 Å². The minimum absolute atomic E-state index is 0.535. The van der Waals surface area contributed by atoms with Gasteiger partial charge in [-0.1, -0.05) is 18.2 Å². The molecule has 0 fully saturated rings. The average Bonchev–Trinajstić information content (AvgIpc) is 2.61. The van der Waals surface area contributed by atoms with E-state index in [-0.39, 0.29) is 0 Å². The quantitative estimate of drug-likeness (QED) is 0.524. The molecule has 2 aromatic rings. The van der Waals surface area contributed by atoms with Crippen LogP contribution in [0, 0.1) is 0 Å². The lowest BCUT2D eigenvalue weighted by Crippen LogP contribution is -1.98. The number of aldehydes is 1. The number of hydrogen-bond acceptors (Lipinski definition) is 3. The van der Waals surface area contributed by atoms with Crippen molar-refractivity contribution < 1.29 is 14.3 Å². The Morgan fingerprint density at radius 3 is 2.33 bits per heavy atom. The minimum atomic E-state index is 0.535. The standard InChI is InChI=1S/C21H22O3/c1-5-7-15-11-18(14-22)21(24-4)19(12-15)16-9-10-20(23-3)17(13-16)8-6-2/h5-6,9-14H,1-2,7-8H2,3-4H3. The van der Waals surface area contributed by atoms with Crippen LogP contribution in [0.4, 0.5) is 0 Å². The summed E-state index contributed by atoms with van der Waals surface area (Å²) < 4.78 is 10.9. The summed E-state index contributed by atoms with van der Waals surface area (Å²) in [7, 11) is 3.23. The Morgan fingerprint density at radius 1 is 1.00 bits per heavy atom. The largest absolute Gasteiger partial charge is 0.496 e. The van der Waals surface area contributed by atoms with Gasteiger partial charge in [0.1, 0.15) is 11.5 Å². The van der Waals surface area contributed by atoms with Crippen LogP contribution < -0.4 is 9.47 Å². The van der Waals surface area contributed by atoms with Crippen molar-refractivity contribution >= 4 is 6.29 Å². The zero-order chi connectivity index (χ0) is 17.5. The number of allylic oxidation sites excluding steroid dienone is 2. The molecule has 24 heavy (non-hydrogen) atoms. The molecule has 124 valence electrons. The van der Waals surface area contributed by atoms with E-state index < -0.39 is 0 Å². The van der Waals surface area contributed by atoms with Crippen LogP contribution in [0.1, 0.15) is 21.5 Å². The molecule has 0 aliphatic heterocycles. The van der Waals surface area contributed by atoms with Gasteiger partial charge in [-0.25, -0.2) is 0 Å². The molecule has 0 radical (unpaired) electrons. The Morgan fingerprint density at radius 2 is 1.75 bits per heavy atom. The van der Waals surface area contributed by atoms with Gasteiger partial charge >= 0.3 is 0 Å². The van der Waals surface area contributed by atoms with E-state index >= 15 is 0 Å². The molecule has 0 aliphatic rings. The van der Waals surface area contributed by atoms with Crippen LogP contribution >= 0.6 is 0 Å². The Labute approximate surface area is 143 Å². The molecular formula is C21H22O3. The second kappa shape index (κ2) is 8.16. The zero-order valence-electron chi connectivity index (χ0n) is 14.2. The summed E-state index contributed by atoms with van der Waals surface area (Å²) in [4.78, 5) is 11.5. The summed E-state index contributed by atoms with van der Waals surface area (Å²) in [5.41, 5.74) is 4.44. The van der Waals surface area contributed by atoms with Gasteiger partial charge < -0.3 is 9.47 Å². The maximum Gasteiger partial charge on any atom is 0.153 e. The molecule has 2 rings (SSSR count). The van der Waals surface area contributed by atoms with Crippen molar-refractivity contribution in [3.8, 4) is 22.6 Å². The summed E-state index contributed by atoms with van der Waals surface area (Å²) in [5, 5.41) is 0. The highest BCUT2D eigenvalue weighted by Gasteiger charge is 2.14. The van der Waals surface area contributed by atoms with Crippen molar-refractivity contribution in [3.63, 3.8) is 0 Å². The molecule has 0 aromatic heterocycles. The van der Waals surface area contributed by atoms with Crippen LogP contribution in [0.15, 0.2) is 55.6 Å². The number of hydrogen-bond donors (Lipinski definition) is 0. The highest BCUT2D eigenvalue weighted by Crippen LogP contribution is 2.36. The molecule has 0 unspecified atom stereocenters. The first-order valence-electron chi connectivity index (χ1n) is 7.73. The molecule has 0 N–H and O–H groups in total. The lowest BCUT2D eigenvalue weighted by atomic mass is 9.95. The summed E-state index contributed by atoms with van der Waals surface area (Å²) >= 11 is 0. The van der Waals surface area contributed by atoms with Crippen LogP contribution in [0.5, 0.6) is 11.5 Å². The molecule has 3 heteroatoms. The van der Waals surface area contributed by atoms with Crippen molar-refractivity contribution in [3.05, 3.63) is 72.3 Å². The van der Waals surface area contributed by atoms with E-state index in [4.69, 9.17) is 9.47 Å². The molecule has 0 atom stereocenters. The second-order valence-corrected chi connectivity index (χ2v) is 5.40. The Balaban J connectivity index is 2.67. The molecule has 0 spiro atoms. The van der Waals surface area contributed by atoms with Gasteiger partial charge in [-0.05, 0) is 53.8 Å². The minimum Gasteiger partial charge on any atom is -0.496 e. The molecule has 2 aromatic carbocycles. The van der Waals surface area contributed by atoms with Gasteiger partial charge in [0.25, 0.3) is 0 Å². The molecule has 0 saturated heterocycles. The predicted molar refractivity (Wildman–Crippen MR) is 98.2 cm³/mol. The molecule has 0 heterocycles. The fourth-order valence-corrected chi connectivity index (χ4v) is 2.79. The number of carbonyl (C=O) groups excluding carboxylic acids is 1. The fourth-order valence-electron chi connectivity index (χ4n) is 2.79. The number of rotatable bonds is 8. The lowest BCUT2D eigenvalue weighted by molar-refractivity contribution is 0.112. The lowest BCUT2D eigenvalue weighted by Gasteiger charge is -2.15. The summed E-state index contributed by atoms with van der Waals surface area (Å²) in [6, 6.07) is 9.81. The smallest absolute Gasteiger partial charge is 0.153 e. The van der Waals surface area contributed by atoms with Crippen LogP contribution in [-0.4, -0.2) is 20.5 Å². The summed E-state index contributed by atoms with van der Waals surface area (Å²) in [6.07, 6.45) is 5.87. The van der Waals surface area contributed by atoms with Gasteiger partial charge in [0.05, 0.1) is 19.8 Å². The second-order valence-electron chi connectivity index (χ2n) is 5.40. The first-order chi connectivity index (χ1) is 11.7. The fraction of sp³-hybridized carbons (Fsp3) is 0.190. The Kier molecular flexibility index (Phi) is 5.96.